The lowest BCUT2D eigenvalue weighted by molar-refractivity contribution is -0.126. The molecule has 148 valence electrons. The molecule has 0 radical (unpaired) electrons. The lowest BCUT2D eigenvalue weighted by Crippen LogP contribution is -2.26. The lowest BCUT2D eigenvalue weighted by Gasteiger charge is -2.11. The van der Waals surface area contributed by atoms with Gasteiger partial charge in [0.1, 0.15) is 23.6 Å². The van der Waals surface area contributed by atoms with Crippen molar-refractivity contribution in [2.45, 2.75) is 13.0 Å². The average Bonchev–Trinajstić information content (AvgIpc) is 2.64. The molecule has 0 heterocycles. The van der Waals surface area contributed by atoms with E-state index in [1.54, 1.807) is 12.1 Å². The van der Waals surface area contributed by atoms with Crippen molar-refractivity contribution >= 4 is 41.0 Å². The lowest BCUT2D eigenvalue weighted by atomic mass is 10.3. The molecule has 0 aromatic heterocycles. The van der Waals surface area contributed by atoms with Crippen LogP contribution in [0.4, 0.5) is 20.2 Å². The van der Waals surface area contributed by atoms with Crippen molar-refractivity contribution in [1.29, 1.82) is 0 Å². The Kier molecular flexibility index (Phi) is 7.28. The van der Waals surface area contributed by atoms with Gasteiger partial charge in [0.2, 0.25) is 6.10 Å². The topological polar surface area (TPSA) is 89.0 Å². The Labute approximate surface area is 164 Å². The molecule has 0 spiro atoms. The van der Waals surface area contributed by atoms with Crippen LogP contribution >= 0.6 is 11.6 Å². The van der Waals surface area contributed by atoms with Gasteiger partial charge in [-0.2, -0.15) is 0 Å². The van der Waals surface area contributed by atoms with Crippen LogP contribution in [0.5, 0.6) is 5.75 Å². The van der Waals surface area contributed by atoms with Crippen LogP contribution < -0.4 is 15.4 Å². The predicted molar refractivity (Wildman–Crippen MR) is 101 cm³/mol. The molecular formula is C18H16ClF2N3O4. The normalized spacial score (nSPS) is 11.8. The summed E-state index contributed by atoms with van der Waals surface area (Å²) in [5.74, 6) is -2.61. The van der Waals surface area contributed by atoms with E-state index in [4.69, 9.17) is 21.2 Å². The number of oxime groups is 1. The van der Waals surface area contributed by atoms with Crippen molar-refractivity contribution in [2.75, 3.05) is 17.7 Å². The summed E-state index contributed by atoms with van der Waals surface area (Å²) in [6.07, 6.45) is -0.316. The number of rotatable bonds is 7. The number of benzene rings is 2. The number of nitrogens with one attached hydrogen (secondary N) is 2. The van der Waals surface area contributed by atoms with Gasteiger partial charge in [0.05, 0.1) is 17.8 Å². The van der Waals surface area contributed by atoms with E-state index < -0.39 is 29.6 Å². The molecule has 1 atom stereocenters. The third-order valence-corrected chi connectivity index (χ3v) is 3.66. The summed E-state index contributed by atoms with van der Waals surface area (Å²) in [5, 5.41) is 8.42. The highest BCUT2D eigenvalue weighted by molar-refractivity contribution is 6.32. The van der Waals surface area contributed by atoms with E-state index in [1.807, 2.05) is 0 Å². The van der Waals surface area contributed by atoms with Gasteiger partial charge >= 0.3 is 0 Å². The standard InChI is InChI=1S/C18H16ClF2N3O4/c1-10(18(26)23-12-4-6-16(27-2)13(19)8-12)28-22-9-17(25)24-15-5-3-11(20)7-14(15)21/h3-10H,1-2H3,(H,23,26)(H,24,25)/b22-9+. The number of ether oxygens (including phenoxy) is 1. The molecule has 0 fully saturated rings. The summed E-state index contributed by atoms with van der Waals surface area (Å²) in [6.45, 7) is 1.41. The molecule has 0 aliphatic rings. The van der Waals surface area contributed by atoms with Gasteiger partial charge in [-0.25, -0.2) is 8.78 Å². The van der Waals surface area contributed by atoms with Crippen molar-refractivity contribution in [2.24, 2.45) is 5.16 Å². The number of amides is 2. The summed E-state index contributed by atoms with van der Waals surface area (Å²) >= 11 is 5.97. The van der Waals surface area contributed by atoms with Crippen LogP contribution in [0.15, 0.2) is 41.6 Å². The molecule has 2 N–H and O–H groups in total. The molecular weight excluding hydrogens is 396 g/mol. The number of anilines is 2. The molecule has 2 rings (SSSR count). The van der Waals surface area contributed by atoms with Gasteiger partial charge in [-0.05, 0) is 37.3 Å². The SMILES string of the molecule is COc1ccc(NC(=O)C(C)O/N=C/C(=O)Nc2ccc(F)cc2F)cc1Cl. The van der Waals surface area contributed by atoms with Gasteiger partial charge in [-0.15, -0.1) is 0 Å². The van der Waals surface area contributed by atoms with Gasteiger partial charge in [-0.3, -0.25) is 9.59 Å². The molecule has 0 bridgehead atoms. The summed E-state index contributed by atoms with van der Waals surface area (Å²) in [5.41, 5.74) is 0.194. The third kappa shape index (κ3) is 5.92. The minimum atomic E-state index is -1.03. The highest BCUT2D eigenvalue weighted by Crippen LogP contribution is 2.27. The summed E-state index contributed by atoms with van der Waals surface area (Å²) in [6, 6.07) is 7.35. The Morgan fingerprint density at radius 1 is 1.18 bits per heavy atom. The molecule has 0 aliphatic carbocycles. The van der Waals surface area contributed by atoms with Gasteiger partial charge in [-0.1, -0.05) is 16.8 Å². The second-order valence-corrected chi connectivity index (χ2v) is 5.84. The third-order valence-electron chi connectivity index (χ3n) is 3.37. The maximum absolute atomic E-state index is 13.4. The highest BCUT2D eigenvalue weighted by atomic mass is 35.5. The number of carbonyl (C=O) groups is 2. The molecule has 2 aromatic rings. The smallest absolute Gasteiger partial charge is 0.270 e. The second kappa shape index (κ2) is 9.65. The maximum Gasteiger partial charge on any atom is 0.270 e. The monoisotopic (exact) mass is 411 g/mol. The zero-order valence-corrected chi connectivity index (χ0v) is 15.6. The van der Waals surface area contributed by atoms with Crippen LogP contribution in [-0.4, -0.2) is 31.2 Å². The largest absolute Gasteiger partial charge is 0.495 e. The first kappa shape index (κ1) is 21.1. The number of hydrogen-bond donors (Lipinski definition) is 2. The molecule has 0 saturated carbocycles. The zero-order valence-electron chi connectivity index (χ0n) is 14.8. The van der Waals surface area contributed by atoms with Crippen LogP contribution in [0.25, 0.3) is 0 Å². The van der Waals surface area contributed by atoms with E-state index in [-0.39, 0.29) is 5.69 Å². The molecule has 0 aliphatic heterocycles. The fourth-order valence-electron chi connectivity index (χ4n) is 1.96. The van der Waals surface area contributed by atoms with Crippen LogP contribution in [0.3, 0.4) is 0 Å². The van der Waals surface area contributed by atoms with E-state index in [9.17, 15) is 18.4 Å². The first-order chi connectivity index (χ1) is 13.3. The number of nitrogens with zero attached hydrogens (tertiary/aromatic N) is 1. The summed E-state index contributed by atoms with van der Waals surface area (Å²) in [4.78, 5) is 28.6. The highest BCUT2D eigenvalue weighted by Gasteiger charge is 2.15. The fourth-order valence-corrected chi connectivity index (χ4v) is 2.22. The molecule has 28 heavy (non-hydrogen) atoms. The van der Waals surface area contributed by atoms with E-state index in [0.717, 1.165) is 18.3 Å². The maximum atomic E-state index is 13.4. The number of methoxy groups -OCH3 is 1. The van der Waals surface area contributed by atoms with Crippen LogP contribution in [0.2, 0.25) is 5.02 Å². The van der Waals surface area contributed by atoms with Crippen molar-refractivity contribution in [1.82, 2.24) is 0 Å². The molecule has 7 nitrogen and oxygen atoms in total. The van der Waals surface area contributed by atoms with E-state index >= 15 is 0 Å². The van der Waals surface area contributed by atoms with Crippen LogP contribution in [-0.2, 0) is 14.4 Å². The minimum absolute atomic E-state index is 0.222. The Morgan fingerprint density at radius 3 is 2.57 bits per heavy atom. The predicted octanol–water partition coefficient (Wildman–Crippen LogP) is 3.59. The number of hydrogen-bond acceptors (Lipinski definition) is 5. The van der Waals surface area contributed by atoms with Gasteiger partial charge in [0.15, 0.2) is 0 Å². The first-order valence-corrected chi connectivity index (χ1v) is 8.27. The summed E-state index contributed by atoms with van der Waals surface area (Å²) < 4.78 is 31.3. The Bertz CT molecular complexity index is 908. The quantitative estimate of drug-likeness (QED) is 0.538. The molecule has 10 heteroatoms. The van der Waals surface area contributed by atoms with Gasteiger partial charge < -0.3 is 20.2 Å². The Balaban J connectivity index is 1.86. The molecule has 2 aromatic carbocycles. The number of carbonyl (C=O) groups excluding carboxylic acids is 2. The van der Waals surface area contributed by atoms with Crippen molar-refractivity contribution in [3.8, 4) is 5.75 Å². The van der Waals surface area contributed by atoms with Crippen molar-refractivity contribution < 1.29 is 27.9 Å². The van der Waals surface area contributed by atoms with Crippen molar-refractivity contribution in [3.05, 3.63) is 53.1 Å². The van der Waals surface area contributed by atoms with E-state index in [1.165, 1.54) is 20.1 Å². The summed E-state index contributed by atoms with van der Waals surface area (Å²) in [7, 11) is 1.47. The molecule has 0 saturated heterocycles. The Morgan fingerprint density at radius 2 is 1.93 bits per heavy atom. The van der Waals surface area contributed by atoms with E-state index in [0.29, 0.717) is 22.5 Å². The van der Waals surface area contributed by atoms with Crippen LogP contribution in [0, 0.1) is 11.6 Å². The van der Waals surface area contributed by atoms with Gasteiger partial charge in [0.25, 0.3) is 11.8 Å². The van der Waals surface area contributed by atoms with Crippen LogP contribution in [0.1, 0.15) is 6.92 Å². The number of halogens is 3. The van der Waals surface area contributed by atoms with E-state index in [2.05, 4.69) is 15.8 Å². The zero-order chi connectivity index (χ0) is 20.7. The Hall–Kier alpha value is -3.20. The second-order valence-electron chi connectivity index (χ2n) is 5.43. The fraction of sp³-hybridized carbons (Fsp3) is 0.167. The average molecular weight is 412 g/mol. The van der Waals surface area contributed by atoms with Crippen molar-refractivity contribution in [3.63, 3.8) is 0 Å². The molecule has 1 unspecified atom stereocenters. The van der Waals surface area contributed by atoms with Gasteiger partial charge in [0, 0.05) is 11.8 Å². The molecule has 2 amide bonds. The first-order valence-electron chi connectivity index (χ1n) is 7.89. The minimum Gasteiger partial charge on any atom is -0.495 e.